The quantitative estimate of drug-likeness (QED) is 0.399. The molecule has 12 heavy (non-hydrogen) atoms. The Morgan fingerprint density at radius 2 is 1.25 bits per heavy atom. The van der Waals surface area contributed by atoms with Crippen molar-refractivity contribution in [3.8, 4) is 0 Å². The molecule has 0 fully saturated rings. The van der Waals surface area contributed by atoms with Crippen LogP contribution in [-0.4, -0.2) is 22.4 Å². The minimum absolute atomic E-state index is 0.160. The number of ketones is 1. The number of aliphatic carboxylic acids is 1. The van der Waals surface area contributed by atoms with Gasteiger partial charge >= 0.3 is 27.9 Å². The second-order valence-corrected chi connectivity index (χ2v) is 1.43. The summed E-state index contributed by atoms with van der Waals surface area (Å²) in [7, 11) is 0. The first kappa shape index (κ1) is 17.5. The molecule has 0 aromatic rings. The van der Waals surface area contributed by atoms with Gasteiger partial charge in [0.05, 0.1) is 0 Å². The van der Waals surface area contributed by atoms with E-state index in [1.807, 2.05) is 4.93 Å². The third kappa shape index (κ3) is 2420. The Labute approximate surface area is 85.3 Å². The molecular formula is C6H14IO5-. The van der Waals surface area contributed by atoms with Crippen LogP contribution in [0.2, 0.25) is 0 Å². The first-order valence-electron chi connectivity index (χ1n) is 3.05. The molecule has 0 aromatic carbocycles. The Kier molecular flexibility index (Phi) is 45.8. The molecule has 0 spiro atoms. The number of hydrogen-bond donors (Lipinski definition) is 1. The molecule has 76 valence electrons. The molecule has 6 heteroatoms. The maximum absolute atomic E-state index is 9.44. The summed E-state index contributed by atoms with van der Waals surface area (Å²) in [6.07, 6.45) is 0. The topological polar surface area (TPSA) is 88.5 Å². The Hall–Kier alpha value is -0.530. The zero-order valence-corrected chi connectivity index (χ0v) is 9.62. The van der Waals surface area contributed by atoms with E-state index in [9.17, 15) is 4.79 Å². The molecule has 5 nitrogen and oxygen atoms in total. The van der Waals surface area contributed by atoms with Crippen LogP contribution in [0, 0.1) is 9.93 Å². The number of carbonyl (C=O) groups is 2. The molecule has 0 heterocycles. The average Bonchev–Trinajstić information content (AvgIpc) is 1.89. The van der Waals surface area contributed by atoms with E-state index >= 15 is 0 Å². The summed E-state index contributed by atoms with van der Waals surface area (Å²) in [5.74, 6) is -0.667. The molecule has 1 N–H and O–H groups in total. The normalized spacial score (nSPS) is 6.50. The molecule has 0 saturated heterocycles. The summed E-state index contributed by atoms with van der Waals surface area (Å²) < 4.78 is 6.32. The number of Topliss-reactive ketones (excluding diaryl/α,β-unsaturated/α-hetero) is 1. The molecule has 0 aliphatic carbocycles. The van der Waals surface area contributed by atoms with Crippen molar-refractivity contribution in [2.75, 3.05) is 4.93 Å². The summed E-state index contributed by atoms with van der Waals surface area (Å²) >= 11 is -0.160. The molecule has 0 aliphatic rings. The van der Waals surface area contributed by atoms with Crippen LogP contribution in [0.15, 0.2) is 0 Å². The minimum atomic E-state index is -0.833. The van der Waals surface area contributed by atoms with Gasteiger partial charge in [-0.2, -0.15) is 0 Å². The van der Waals surface area contributed by atoms with Crippen molar-refractivity contribution in [3.63, 3.8) is 0 Å². The van der Waals surface area contributed by atoms with Crippen LogP contribution in [0.3, 0.4) is 0 Å². The number of carboxylic acids is 1. The fourth-order valence-corrected chi connectivity index (χ4v) is 0. The number of hydrogen-bond acceptors (Lipinski definition) is 4. The van der Waals surface area contributed by atoms with Crippen LogP contribution in [0.4, 0.5) is 0 Å². The molecule has 0 radical (unpaired) electrons. The van der Waals surface area contributed by atoms with Crippen LogP contribution in [0.5, 0.6) is 0 Å². The predicted molar refractivity (Wildman–Crippen MR) is 43.7 cm³/mol. The standard InChI is InChI=1S/C3H6O.C2H4O2.CH4I.O2/c1-3(2)4;1-2(3)4;2*1-2/h1-2H3;1H3,(H,3,4);2H,1H3;/q;;-1;/i;;2T;. The number of alkyl halides is 1. The van der Waals surface area contributed by atoms with Crippen molar-refractivity contribution >= 4 is 11.8 Å². The van der Waals surface area contributed by atoms with Crippen LogP contribution < -0.4 is 22.4 Å². The Morgan fingerprint density at radius 3 is 1.25 bits per heavy atom. The zero-order chi connectivity index (χ0) is 11.9. The van der Waals surface area contributed by atoms with E-state index in [0.717, 1.165) is 6.92 Å². The summed E-state index contributed by atoms with van der Waals surface area (Å²) in [4.78, 5) is 34.3. The maximum atomic E-state index is 9.44. The summed E-state index contributed by atoms with van der Waals surface area (Å²) in [6, 6.07) is 0. The van der Waals surface area contributed by atoms with Crippen LogP contribution in [0.1, 0.15) is 20.8 Å². The van der Waals surface area contributed by atoms with Crippen molar-refractivity contribution in [2.24, 2.45) is 0 Å². The van der Waals surface area contributed by atoms with Crippen molar-refractivity contribution in [1.29, 1.82) is 0.594 Å². The van der Waals surface area contributed by atoms with Gasteiger partial charge in [0.1, 0.15) is 5.78 Å². The molecule has 0 amide bonds. The Bertz CT molecular complexity index is 99.6. The van der Waals surface area contributed by atoms with Crippen molar-refractivity contribution in [3.05, 3.63) is 9.93 Å². The molecule has 0 bridgehead atoms. The number of rotatable bonds is 0. The summed E-state index contributed by atoms with van der Waals surface area (Å²) in [5.41, 5.74) is 0. The number of halogens is 1. The summed E-state index contributed by atoms with van der Waals surface area (Å²) in [6.45, 7) is 4.14. The third-order valence-electron chi connectivity index (χ3n) is 0. The predicted octanol–water partition coefficient (Wildman–Crippen LogP) is -2.34. The van der Waals surface area contributed by atoms with Gasteiger partial charge in [0.25, 0.3) is 5.97 Å². The first-order valence-corrected chi connectivity index (χ1v) is 4.83. The van der Waals surface area contributed by atoms with Gasteiger partial charge < -0.3 is 9.90 Å². The average molecular weight is 295 g/mol. The van der Waals surface area contributed by atoms with Gasteiger partial charge in [-0.05, 0) is 13.8 Å². The van der Waals surface area contributed by atoms with E-state index in [1.54, 1.807) is 0 Å². The SMILES string of the molecule is CC(=O)O.CC(C)=O.O=O.[3H][I-]C. The van der Waals surface area contributed by atoms with Crippen LogP contribution in [0.25, 0.3) is 0 Å². The van der Waals surface area contributed by atoms with Gasteiger partial charge in [-0.3, -0.25) is 4.79 Å². The Balaban J connectivity index is -0.0000000431. The fraction of sp³-hybridized carbons (Fsp3) is 0.667. The van der Waals surface area contributed by atoms with E-state index in [-0.39, 0.29) is 28.2 Å². The van der Waals surface area contributed by atoms with E-state index in [2.05, 4.69) is 0 Å². The van der Waals surface area contributed by atoms with Gasteiger partial charge in [0.2, 0.25) is 0 Å². The Morgan fingerprint density at radius 1 is 1.25 bits per heavy atom. The molecule has 0 unspecified atom stereocenters. The van der Waals surface area contributed by atoms with E-state index < -0.39 is 5.97 Å². The molecule has 0 aliphatic heterocycles. The van der Waals surface area contributed by atoms with Gasteiger partial charge in [0.15, 0.2) is 0 Å². The van der Waals surface area contributed by atoms with E-state index in [4.69, 9.17) is 20.4 Å². The third-order valence-corrected chi connectivity index (χ3v) is 0. The monoisotopic (exact) mass is 295 g/mol. The van der Waals surface area contributed by atoms with Crippen LogP contribution >= 0.6 is 0 Å². The van der Waals surface area contributed by atoms with Gasteiger partial charge in [-0.15, -0.1) is 0 Å². The van der Waals surface area contributed by atoms with Gasteiger partial charge in [-0.25, -0.2) is 0 Å². The molecule has 0 saturated carbocycles. The molecule has 0 atom stereocenters. The van der Waals surface area contributed by atoms with Crippen molar-refractivity contribution in [2.45, 2.75) is 20.8 Å². The van der Waals surface area contributed by atoms with Crippen LogP contribution in [-0.2, 0) is 9.59 Å². The second kappa shape index (κ2) is 31.4. The van der Waals surface area contributed by atoms with E-state index in [0.29, 0.717) is 0 Å². The molecule has 0 aromatic heterocycles. The first-order chi connectivity index (χ1) is 5.88. The zero-order valence-electron chi connectivity index (χ0n) is 8.46. The second-order valence-electron chi connectivity index (χ2n) is 1.43. The summed E-state index contributed by atoms with van der Waals surface area (Å²) in [5, 5.41) is 7.42. The van der Waals surface area contributed by atoms with E-state index in [1.165, 1.54) is 13.8 Å². The van der Waals surface area contributed by atoms with Crippen molar-refractivity contribution in [1.82, 2.24) is 0 Å². The number of carboxylic acid groups (broad SMARTS) is 1. The van der Waals surface area contributed by atoms with Gasteiger partial charge in [0, 0.05) is 16.9 Å². The van der Waals surface area contributed by atoms with Crippen molar-refractivity contribution < 1.29 is 37.1 Å². The van der Waals surface area contributed by atoms with Gasteiger partial charge in [-0.1, -0.05) is 0 Å². The number of carbonyl (C=O) groups excluding carboxylic acids is 1. The fourth-order valence-electron chi connectivity index (χ4n) is 0. The molecule has 0 rings (SSSR count). The molecular weight excluding hydrogens is 279 g/mol.